The van der Waals surface area contributed by atoms with Gasteiger partial charge in [0.15, 0.2) is 11.6 Å². The maximum atomic E-state index is 14.5. The second-order valence-electron chi connectivity index (χ2n) is 6.36. The fourth-order valence-electron chi connectivity index (χ4n) is 2.89. The molecule has 1 aliphatic rings. The van der Waals surface area contributed by atoms with E-state index in [1.165, 1.54) is 6.20 Å². The standard InChI is InChI=1S/C17H21FN4O3/c1-19-6-3-7-21(2)16-13(18)8-11-14(23)12(17(24)25)9-22(10-4-5-10)15(11)20-16/h8-10,19H,3-7H2,1-2H3,(H,24,25). The Morgan fingerprint density at radius 1 is 1.52 bits per heavy atom. The molecule has 2 N–H and O–H groups in total. The molecule has 0 atom stereocenters. The summed E-state index contributed by atoms with van der Waals surface area (Å²) in [6.07, 6.45) is 3.94. The molecule has 2 aromatic heterocycles. The van der Waals surface area contributed by atoms with Gasteiger partial charge in [-0.3, -0.25) is 4.79 Å². The molecule has 7 nitrogen and oxygen atoms in total. The first-order chi connectivity index (χ1) is 11.9. The number of hydrogen-bond donors (Lipinski definition) is 2. The molecule has 25 heavy (non-hydrogen) atoms. The van der Waals surface area contributed by atoms with E-state index in [9.17, 15) is 19.1 Å². The zero-order valence-corrected chi connectivity index (χ0v) is 14.3. The number of rotatable bonds is 7. The third-order valence-electron chi connectivity index (χ3n) is 4.39. The van der Waals surface area contributed by atoms with Crippen LogP contribution in [0.15, 0.2) is 17.1 Å². The van der Waals surface area contributed by atoms with Gasteiger partial charge in [0, 0.05) is 25.8 Å². The minimum absolute atomic E-state index is 0.0108. The summed E-state index contributed by atoms with van der Waals surface area (Å²) in [6, 6.07) is 1.22. The van der Waals surface area contributed by atoms with E-state index in [0.717, 1.165) is 31.9 Å². The van der Waals surface area contributed by atoms with Crippen LogP contribution in [0.3, 0.4) is 0 Å². The Morgan fingerprint density at radius 3 is 2.84 bits per heavy atom. The predicted molar refractivity (Wildman–Crippen MR) is 93.0 cm³/mol. The fourth-order valence-corrected chi connectivity index (χ4v) is 2.89. The largest absolute Gasteiger partial charge is 0.477 e. The summed E-state index contributed by atoms with van der Waals surface area (Å²) in [5.74, 6) is -1.77. The number of pyridine rings is 2. The number of carboxylic acids is 1. The van der Waals surface area contributed by atoms with Crippen LogP contribution in [0.5, 0.6) is 0 Å². The summed E-state index contributed by atoms with van der Waals surface area (Å²) < 4.78 is 16.2. The number of nitrogens with one attached hydrogen (secondary N) is 1. The SMILES string of the molecule is CNCCCN(C)c1nc2c(cc1F)c(=O)c(C(=O)O)cn2C1CC1. The molecule has 0 aromatic carbocycles. The van der Waals surface area contributed by atoms with Crippen LogP contribution in [0.4, 0.5) is 10.2 Å². The number of aromatic nitrogens is 2. The van der Waals surface area contributed by atoms with Crippen molar-refractivity contribution in [3.63, 3.8) is 0 Å². The van der Waals surface area contributed by atoms with E-state index in [4.69, 9.17) is 0 Å². The van der Waals surface area contributed by atoms with Crippen molar-refractivity contribution < 1.29 is 14.3 Å². The van der Waals surface area contributed by atoms with Gasteiger partial charge < -0.3 is 19.9 Å². The van der Waals surface area contributed by atoms with Crippen LogP contribution in [0.25, 0.3) is 11.0 Å². The highest BCUT2D eigenvalue weighted by atomic mass is 19.1. The lowest BCUT2D eigenvalue weighted by atomic mass is 10.2. The zero-order chi connectivity index (χ0) is 18.1. The van der Waals surface area contributed by atoms with Gasteiger partial charge >= 0.3 is 5.97 Å². The summed E-state index contributed by atoms with van der Waals surface area (Å²) in [4.78, 5) is 29.8. The zero-order valence-electron chi connectivity index (χ0n) is 14.3. The summed E-state index contributed by atoms with van der Waals surface area (Å²) in [7, 11) is 3.60. The van der Waals surface area contributed by atoms with Crippen LogP contribution in [0.1, 0.15) is 35.7 Å². The third kappa shape index (κ3) is 3.34. The molecule has 1 aliphatic carbocycles. The summed E-state index contributed by atoms with van der Waals surface area (Å²) in [5, 5.41) is 12.3. The molecule has 0 radical (unpaired) electrons. The van der Waals surface area contributed by atoms with Crippen molar-refractivity contribution in [1.29, 1.82) is 0 Å². The van der Waals surface area contributed by atoms with Gasteiger partial charge in [-0.05, 0) is 38.9 Å². The smallest absolute Gasteiger partial charge is 0.341 e. The summed E-state index contributed by atoms with van der Waals surface area (Å²) in [5.41, 5.74) is -0.708. The number of nitrogens with zero attached hydrogens (tertiary/aromatic N) is 3. The third-order valence-corrected chi connectivity index (χ3v) is 4.39. The van der Waals surface area contributed by atoms with E-state index in [2.05, 4.69) is 10.3 Å². The lowest BCUT2D eigenvalue weighted by Gasteiger charge is -2.20. The Bertz CT molecular complexity index is 876. The summed E-state index contributed by atoms with van der Waals surface area (Å²) >= 11 is 0. The van der Waals surface area contributed by atoms with E-state index < -0.39 is 17.2 Å². The van der Waals surface area contributed by atoms with Crippen molar-refractivity contribution in [2.75, 3.05) is 32.1 Å². The topological polar surface area (TPSA) is 87.5 Å². The molecule has 0 spiro atoms. The molecule has 2 aromatic rings. The van der Waals surface area contributed by atoms with Crippen LogP contribution in [0, 0.1) is 5.82 Å². The number of carboxylic acid groups (broad SMARTS) is 1. The van der Waals surface area contributed by atoms with Gasteiger partial charge in [0.1, 0.15) is 11.2 Å². The number of hydrogen-bond acceptors (Lipinski definition) is 5. The Morgan fingerprint density at radius 2 is 2.24 bits per heavy atom. The maximum absolute atomic E-state index is 14.5. The van der Waals surface area contributed by atoms with Crippen molar-refractivity contribution in [2.45, 2.75) is 25.3 Å². The Kier molecular flexibility index (Phi) is 4.71. The second kappa shape index (κ2) is 6.79. The molecular formula is C17H21FN4O3. The van der Waals surface area contributed by atoms with Crippen molar-refractivity contribution in [3.8, 4) is 0 Å². The molecule has 1 saturated carbocycles. The lowest BCUT2D eigenvalue weighted by molar-refractivity contribution is 0.0695. The highest BCUT2D eigenvalue weighted by Gasteiger charge is 2.28. The average Bonchev–Trinajstić information content (AvgIpc) is 3.40. The van der Waals surface area contributed by atoms with E-state index >= 15 is 0 Å². The van der Waals surface area contributed by atoms with Gasteiger partial charge in [0.25, 0.3) is 0 Å². The maximum Gasteiger partial charge on any atom is 0.341 e. The molecule has 3 rings (SSSR count). The highest BCUT2D eigenvalue weighted by molar-refractivity contribution is 5.92. The van der Waals surface area contributed by atoms with Crippen molar-refractivity contribution in [3.05, 3.63) is 33.9 Å². The van der Waals surface area contributed by atoms with E-state index in [1.54, 1.807) is 16.5 Å². The first-order valence-corrected chi connectivity index (χ1v) is 8.28. The van der Waals surface area contributed by atoms with Crippen LogP contribution >= 0.6 is 0 Å². The Balaban J connectivity index is 2.12. The quantitative estimate of drug-likeness (QED) is 0.739. The Labute approximate surface area is 144 Å². The molecule has 0 saturated heterocycles. The fraction of sp³-hybridized carbons (Fsp3) is 0.471. The van der Waals surface area contributed by atoms with Crippen molar-refractivity contribution in [1.82, 2.24) is 14.9 Å². The minimum Gasteiger partial charge on any atom is -0.477 e. The van der Waals surface area contributed by atoms with Gasteiger partial charge in [0.05, 0.1) is 5.39 Å². The second-order valence-corrected chi connectivity index (χ2v) is 6.36. The number of anilines is 1. The van der Waals surface area contributed by atoms with Crippen LogP contribution < -0.4 is 15.6 Å². The predicted octanol–water partition coefficient (Wildman–Crippen LogP) is 1.61. The van der Waals surface area contributed by atoms with Crippen molar-refractivity contribution in [2.24, 2.45) is 0 Å². The molecule has 0 aliphatic heterocycles. The molecule has 8 heteroatoms. The van der Waals surface area contributed by atoms with Crippen molar-refractivity contribution >= 4 is 22.8 Å². The molecular weight excluding hydrogens is 327 g/mol. The van der Waals surface area contributed by atoms with Gasteiger partial charge in [-0.2, -0.15) is 0 Å². The average molecular weight is 348 g/mol. The number of carbonyl (C=O) groups is 1. The lowest BCUT2D eigenvalue weighted by Crippen LogP contribution is -2.25. The van der Waals surface area contributed by atoms with Gasteiger partial charge in [-0.1, -0.05) is 0 Å². The molecule has 1 fully saturated rings. The van der Waals surface area contributed by atoms with Gasteiger partial charge in [-0.15, -0.1) is 0 Å². The molecule has 2 heterocycles. The van der Waals surface area contributed by atoms with Gasteiger partial charge in [0.2, 0.25) is 5.43 Å². The molecule has 134 valence electrons. The number of halogens is 1. The monoisotopic (exact) mass is 348 g/mol. The first-order valence-electron chi connectivity index (χ1n) is 8.28. The Hall–Kier alpha value is -2.48. The van der Waals surface area contributed by atoms with E-state index in [-0.39, 0.29) is 22.8 Å². The van der Waals surface area contributed by atoms with Crippen LogP contribution in [-0.4, -0.2) is 47.8 Å². The normalized spacial score (nSPS) is 14.0. The van der Waals surface area contributed by atoms with E-state index in [0.29, 0.717) is 12.2 Å². The number of aromatic carboxylic acids is 1. The van der Waals surface area contributed by atoms with Gasteiger partial charge in [-0.25, -0.2) is 14.2 Å². The van der Waals surface area contributed by atoms with Crippen LogP contribution in [0.2, 0.25) is 0 Å². The molecule has 0 bridgehead atoms. The molecule has 0 unspecified atom stereocenters. The number of fused-ring (bicyclic) bond motifs is 1. The minimum atomic E-state index is -1.31. The summed E-state index contributed by atoms with van der Waals surface area (Å²) in [6.45, 7) is 1.41. The van der Waals surface area contributed by atoms with Crippen LogP contribution in [-0.2, 0) is 0 Å². The van der Waals surface area contributed by atoms with E-state index in [1.807, 2.05) is 7.05 Å². The molecule has 0 amide bonds. The first kappa shape index (κ1) is 17.3. The highest BCUT2D eigenvalue weighted by Crippen LogP contribution is 2.37.